The van der Waals surface area contributed by atoms with Gasteiger partial charge in [-0.05, 0) is 12.1 Å². The maximum absolute atomic E-state index is 11.1. The van der Waals surface area contributed by atoms with Gasteiger partial charge in [0.25, 0.3) is 0 Å². The number of alkyl halides is 1. The van der Waals surface area contributed by atoms with Crippen molar-refractivity contribution in [2.24, 2.45) is 0 Å². The van der Waals surface area contributed by atoms with Crippen LogP contribution < -0.4 is 11.0 Å². The lowest BCUT2D eigenvalue weighted by Gasteiger charge is -2.01. The summed E-state index contributed by atoms with van der Waals surface area (Å²) in [7, 11) is 0. The zero-order valence-corrected chi connectivity index (χ0v) is 7.95. The lowest BCUT2D eigenvalue weighted by molar-refractivity contribution is 0.878. The number of aromatic nitrogens is 4. The van der Waals surface area contributed by atoms with Gasteiger partial charge in [0, 0.05) is 12.4 Å². The van der Waals surface area contributed by atoms with Crippen LogP contribution in [0.15, 0.2) is 16.9 Å². The third-order valence-corrected chi connectivity index (χ3v) is 1.86. The molecule has 0 spiro atoms. The Labute approximate surface area is 83.9 Å². The molecule has 0 radical (unpaired) electrons. The summed E-state index contributed by atoms with van der Waals surface area (Å²) in [5.74, 6) is 1.08. The second kappa shape index (κ2) is 3.67. The van der Waals surface area contributed by atoms with Crippen LogP contribution in [0.25, 0.3) is 5.65 Å². The Morgan fingerprint density at radius 2 is 2.43 bits per heavy atom. The Bertz CT molecular complexity index is 490. The van der Waals surface area contributed by atoms with Gasteiger partial charge < -0.3 is 5.32 Å². The molecule has 0 fully saturated rings. The molecule has 0 amide bonds. The highest BCUT2D eigenvalue weighted by Gasteiger charge is 2.01. The summed E-state index contributed by atoms with van der Waals surface area (Å²) >= 11 is 5.50. The fraction of sp³-hybridized carbons (Fsp3) is 0.286. The molecular weight excluding hydrogens is 206 g/mol. The van der Waals surface area contributed by atoms with Gasteiger partial charge >= 0.3 is 5.69 Å². The van der Waals surface area contributed by atoms with Gasteiger partial charge in [-0.15, -0.1) is 16.7 Å². The number of rotatable bonds is 3. The normalized spacial score (nSPS) is 10.6. The smallest absolute Gasteiger partial charge is 0.364 e. The van der Waals surface area contributed by atoms with Crippen LogP contribution in [-0.4, -0.2) is 32.2 Å². The molecule has 0 saturated heterocycles. The van der Waals surface area contributed by atoms with Crippen LogP contribution >= 0.6 is 11.6 Å². The minimum atomic E-state index is -0.352. The highest BCUT2D eigenvalue weighted by molar-refractivity contribution is 6.18. The fourth-order valence-electron chi connectivity index (χ4n) is 1.07. The van der Waals surface area contributed by atoms with Gasteiger partial charge in [0.2, 0.25) is 0 Å². The lowest BCUT2D eigenvalue weighted by Crippen LogP contribution is -2.14. The van der Waals surface area contributed by atoms with Crippen molar-refractivity contribution in [3.8, 4) is 0 Å². The summed E-state index contributed by atoms with van der Waals surface area (Å²) < 4.78 is 1.19. The van der Waals surface area contributed by atoms with Crippen molar-refractivity contribution in [2.75, 3.05) is 17.7 Å². The van der Waals surface area contributed by atoms with Gasteiger partial charge in [0.05, 0.1) is 0 Å². The van der Waals surface area contributed by atoms with E-state index in [9.17, 15) is 4.79 Å². The third-order valence-electron chi connectivity index (χ3n) is 1.67. The van der Waals surface area contributed by atoms with Crippen LogP contribution in [0.2, 0.25) is 0 Å². The first-order valence-electron chi connectivity index (χ1n) is 4.05. The number of anilines is 1. The predicted octanol–water partition coefficient (Wildman–Crippen LogP) is 0.0683. The molecule has 2 heterocycles. The van der Waals surface area contributed by atoms with Crippen LogP contribution in [0.1, 0.15) is 0 Å². The molecule has 6 nitrogen and oxygen atoms in total. The molecule has 14 heavy (non-hydrogen) atoms. The molecule has 2 aromatic rings. The Hall–Kier alpha value is -1.56. The van der Waals surface area contributed by atoms with Crippen molar-refractivity contribution in [2.45, 2.75) is 0 Å². The van der Waals surface area contributed by atoms with Crippen molar-refractivity contribution in [3.05, 3.63) is 22.6 Å². The quantitative estimate of drug-likeness (QED) is 0.708. The molecule has 0 aliphatic heterocycles. The summed E-state index contributed by atoms with van der Waals surface area (Å²) in [6, 6.07) is 3.43. The van der Waals surface area contributed by atoms with E-state index in [1.54, 1.807) is 12.1 Å². The lowest BCUT2D eigenvalue weighted by atomic mass is 10.5. The molecule has 0 saturated carbocycles. The van der Waals surface area contributed by atoms with Crippen molar-refractivity contribution >= 4 is 23.1 Å². The fourth-order valence-corrected chi connectivity index (χ4v) is 1.17. The van der Waals surface area contributed by atoms with Crippen LogP contribution in [0.3, 0.4) is 0 Å². The molecule has 0 aliphatic rings. The molecule has 7 heteroatoms. The Balaban J connectivity index is 2.39. The molecule has 74 valence electrons. The van der Waals surface area contributed by atoms with Gasteiger partial charge in [0.1, 0.15) is 5.82 Å². The third kappa shape index (κ3) is 1.56. The highest BCUT2D eigenvalue weighted by Crippen LogP contribution is 2.01. The van der Waals surface area contributed by atoms with E-state index in [1.807, 2.05) is 0 Å². The van der Waals surface area contributed by atoms with E-state index in [-0.39, 0.29) is 5.69 Å². The van der Waals surface area contributed by atoms with E-state index in [2.05, 4.69) is 20.6 Å². The summed E-state index contributed by atoms with van der Waals surface area (Å²) in [6.45, 7) is 0.604. The van der Waals surface area contributed by atoms with Gasteiger partial charge in [-0.3, -0.25) is 0 Å². The molecule has 0 bridgehead atoms. The van der Waals surface area contributed by atoms with Crippen molar-refractivity contribution < 1.29 is 0 Å². The highest BCUT2D eigenvalue weighted by atomic mass is 35.5. The van der Waals surface area contributed by atoms with Gasteiger partial charge in [-0.2, -0.15) is 9.61 Å². The number of nitrogens with zero attached hydrogens (tertiary/aromatic N) is 3. The maximum Gasteiger partial charge on any atom is 0.364 e. The molecule has 2 aromatic heterocycles. The Kier molecular flexibility index (Phi) is 2.36. The monoisotopic (exact) mass is 213 g/mol. The first-order valence-corrected chi connectivity index (χ1v) is 4.59. The zero-order valence-electron chi connectivity index (χ0n) is 7.20. The number of aromatic amines is 1. The topological polar surface area (TPSA) is 75.1 Å². The molecule has 0 aliphatic carbocycles. The van der Waals surface area contributed by atoms with Crippen LogP contribution in [0.5, 0.6) is 0 Å². The molecule has 0 aromatic carbocycles. The Morgan fingerprint density at radius 1 is 1.57 bits per heavy atom. The largest absolute Gasteiger partial charge is 0.367 e. The van der Waals surface area contributed by atoms with Crippen LogP contribution in [0, 0.1) is 0 Å². The average Bonchev–Trinajstić information content (AvgIpc) is 2.57. The van der Waals surface area contributed by atoms with Gasteiger partial charge in [-0.25, -0.2) is 9.89 Å². The maximum atomic E-state index is 11.1. The van der Waals surface area contributed by atoms with E-state index in [4.69, 9.17) is 11.6 Å². The molecule has 2 N–H and O–H groups in total. The first kappa shape index (κ1) is 9.01. The second-order valence-corrected chi connectivity index (χ2v) is 3.01. The number of fused-ring (bicyclic) bond motifs is 1. The SMILES string of the molecule is O=c1[nH]nc2ccc(NCCCl)nn12. The molecular formula is C7H8ClN5O. The van der Waals surface area contributed by atoms with Crippen LogP contribution in [-0.2, 0) is 0 Å². The molecule has 0 unspecified atom stereocenters. The van der Waals surface area contributed by atoms with Crippen molar-refractivity contribution in [1.82, 2.24) is 19.8 Å². The van der Waals surface area contributed by atoms with E-state index >= 15 is 0 Å². The number of halogens is 1. The number of nitrogens with one attached hydrogen (secondary N) is 2. The van der Waals surface area contributed by atoms with Crippen LogP contribution in [0.4, 0.5) is 5.82 Å². The molecule has 0 atom stereocenters. The zero-order chi connectivity index (χ0) is 9.97. The number of H-pyrrole nitrogens is 1. The predicted molar refractivity (Wildman–Crippen MR) is 52.8 cm³/mol. The summed E-state index contributed by atoms with van der Waals surface area (Å²) in [5.41, 5.74) is 0.140. The van der Waals surface area contributed by atoms with Gasteiger partial charge in [-0.1, -0.05) is 0 Å². The van der Waals surface area contributed by atoms with Crippen molar-refractivity contribution in [3.63, 3.8) is 0 Å². The van der Waals surface area contributed by atoms with E-state index in [1.165, 1.54) is 4.52 Å². The van der Waals surface area contributed by atoms with Gasteiger partial charge in [0.15, 0.2) is 5.65 Å². The number of hydrogen-bond acceptors (Lipinski definition) is 4. The minimum absolute atomic E-state index is 0.352. The van der Waals surface area contributed by atoms with E-state index in [0.29, 0.717) is 23.9 Å². The minimum Gasteiger partial charge on any atom is -0.367 e. The summed E-state index contributed by atoms with van der Waals surface area (Å²) in [5, 5.41) is 13.0. The first-order chi connectivity index (χ1) is 6.81. The summed E-state index contributed by atoms with van der Waals surface area (Å²) in [6.07, 6.45) is 0. The van der Waals surface area contributed by atoms with E-state index < -0.39 is 0 Å². The second-order valence-electron chi connectivity index (χ2n) is 2.63. The van der Waals surface area contributed by atoms with Crippen molar-refractivity contribution in [1.29, 1.82) is 0 Å². The standard InChI is InChI=1S/C7H8ClN5O/c8-3-4-9-5-1-2-6-10-11-7(14)13(6)12-5/h1-2H,3-4H2,(H,9,12)(H,11,14). The van der Waals surface area contributed by atoms with E-state index in [0.717, 1.165) is 0 Å². The Morgan fingerprint density at radius 3 is 3.21 bits per heavy atom. The number of hydrogen-bond donors (Lipinski definition) is 2. The average molecular weight is 214 g/mol. The molecule has 2 rings (SSSR count). The summed E-state index contributed by atoms with van der Waals surface area (Å²) in [4.78, 5) is 11.1.